The lowest BCUT2D eigenvalue weighted by atomic mass is 10.1. The van der Waals surface area contributed by atoms with Crippen LogP contribution in [0.25, 0.3) is 5.69 Å². The number of benzene rings is 3. The summed E-state index contributed by atoms with van der Waals surface area (Å²) in [6.07, 6.45) is 2.46. The van der Waals surface area contributed by atoms with Crippen molar-refractivity contribution in [3.05, 3.63) is 107 Å². The highest BCUT2D eigenvalue weighted by molar-refractivity contribution is 6.30. The highest BCUT2D eigenvalue weighted by atomic mass is 35.5. The monoisotopic (exact) mass is 533 g/mol. The van der Waals surface area contributed by atoms with E-state index in [2.05, 4.69) is 0 Å². The standard InChI is InChI=1S/C30H29ClFN3O3/c1-2-28-27(20-34(19-26-9-6-18-37-26)29(36)21-10-12-22(31)13-11-21)30(38-25-16-14-23(32)15-17-25)35(33-28)24-7-4-3-5-8-24/h3-5,7-8,10-17,26H,2,6,9,18-20H2,1H3. The quantitative estimate of drug-likeness (QED) is 0.236. The van der Waals surface area contributed by atoms with Crippen molar-refractivity contribution in [2.24, 2.45) is 0 Å². The van der Waals surface area contributed by atoms with Crippen molar-refractivity contribution in [1.82, 2.24) is 14.7 Å². The first-order chi connectivity index (χ1) is 18.5. The van der Waals surface area contributed by atoms with Crippen LogP contribution in [-0.4, -0.2) is 39.8 Å². The average Bonchev–Trinajstić information content (AvgIpc) is 3.58. The fourth-order valence-corrected chi connectivity index (χ4v) is 4.73. The number of para-hydroxylation sites is 1. The van der Waals surface area contributed by atoms with Crippen molar-refractivity contribution >= 4 is 17.5 Å². The molecule has 1 atom stereocenters. The average molecular weight is 534 g/mol. The molecule has 1 unspecified atom stereocenters. The van der Waals surface area contributed by atoms with Crippen molar-refractivity contribution in [2.75, 3.05) is 13.2 Å². The van der Waals surface area contributed by atoms with Crippen LogP contribution >= 0.6 is 11.6 Å². The van der Waals surface area contributed by atoms with E-state index in [0.717, 1.165) is 29.8 Å². The molecule has 0 spiro atoms. The minimum atomic E-state index is -0.348. The number of hydrogen-bond donors (Lipinski definition) is 0. The van der Waals surface area contributed by atoms with Crippen LogP contribution in [0.4, 0.5) is 4.39 Å². The van der Waals surface area contributed by atoms with Crippen molar-refractivity contribution < 1.29 is 18.7 Å². The van der Waals surface area contributed by atoms with Gasteiger partial charge in [0, 0.05) is 23.7 Å². The Kier molecular flexibility index (Phi) is 8.05. The molecule has 2 heterocycles. The van der Waals surface area contributed by atoms with E-state index in [1.165, 1.54) is 12.1 Å². The predicted octanol–water partition coefficient (Wildman–Crippen LogP) is 6.84. The summed E-state index contributed by atoms with van der Waals surface area (Å²) in [5, 5.41) is 5.44. The lowest BCUT2D eigenvalue weighted by Crippen LogP contribution is -2.37. The van der Waals surface area contributed by atoms with E-state index in [-0.39, 0.29) is 24.4 Å². The topological polar surface area (TPSA) is 56.6 Å². The summed E-state index contributed by atoms with van der Waals surface area (Å²) in [6.45, 7) is 3.43. The highest BCUT2D eigenvalue weighted by Gasteiger charge is 2.28. The first-order valence-electron chi connectivity index (χ1n) is 12.8. The number of ether oxygens (including phenoxy) is 2. The minimum absolute atomic E-state index is 0.0399. The molecule has 1 saturated heterocycles. The van der Waals surface area contributed by atoms with Crippen LogP contribution in [0.15, 0.2) is 78.9 Å². The summed E-state index contributed by atoms with van der Waals surface area (Å²) in [6, 6.07) is 22.4. The number of halogens is 2. The third kappa shape index (κ3) is 5.90. The van der Waals surface area contributed by atoms with E-state index < -0.39 is 0 Å². The molecule has 8 heteroatoms. The van der Waals surface area contributed by atoms with Gasteiger partial charge in [-0.05, 0) is 79.9 Å². The molecule has 5 rings (SSSR count). The SMILES string of the molecule is CCc1nn(-c2ccccc2)c(Oc2ccc(F)cc2)c1CN(CC1CCCO1)C(=O)c1ccc(Cl)cc1. The van der Waals surface area contributed by atoms with E-state index in [1.807, 2.05) is 37.3 Å². The number of amides is 1. The van der Waals surface area contributed by atoms with Gasteiger partial charge in [-0.25, -0.2) is 9.07 Å². The summed E-state index contributed by atoms with van der Waals surface area (Å²) >= 11 is 6.08. The third-order valence-electron chi connectivity index (χ3n) is 6.56. The van der Waals surface area contributed by atoms with Gasteiger partial charge in [0.05, 0.1) is 29.6 Å². The Balaban J connectivity index is 1.56. The zero-order valence-electron chi connectivity index (χ0n) is 21.1. The molecule has 0 saturated carbocycles. The molecule has 1 aliphatic heterocycles. The number of aryl methyl sites for hydroxylation is 1. The zero-order chi connectivity index (χ0) is 26.5. The van der Waals surface area contributed by atoms with Gasteiger partial charge in [-0.3, -0.25) is 4.79 Å². The number of aromatic nitrogens is 2. The molecule has 3 aromatic carbocycles. The van der Waals surface area contributed by atoms with Crippen LogP contribution in [0.5, 0.6) is 11.6 Å². The summed E-state index contributed by atoms with van der Waals surface area (Å²) in [4.78, 5) is 15.5. The second kappa shape index (κ2) is 11.8. The van der Waals surface area contributed by atoms with E-state index >= 15 is 0 Å². The highest BCUT2D eigenvalue weighted by Crippen LogP contribution is 2.33. The summed E-state index contributed by atoms with van der Waals surface area (Å²) in [5.41, 5.74) is 2.97. The molecule has 1 amide bonds. The van der Waals surface area contributed by atoms with Gasteiger partial charge in [0.1, 0.15) is 11.6 Å². The molecule has 0 radical (unpaired) electrons. The molecule has 1 aliphatic rings. The second-order valence-corrected chi connectivity index (χ2v) is 9.65. The third-order valence-corrected chi connectivity index (χ3v) is 6.81. The van der Waals surface area contributed by atoms with E-state index in [9.17, 15) is 9.18 Å². The lowest BCUT2D eigenvalue weighted by molar-refractivity contribution is 0.0505. The normalized spacial score (nSPS) is 15.0. The number of rotatable bonds is 9. The number of carbonyl (C=O) groups is 1. The molecule has 0 bridgehead atoms. The van der Waals surface area contributed by atoms with Crippen LogP contribution in [0.2, 0.25) is 5.02 Å². The maximum absolute atomic E-state index is 13.7. The van der Waals surface area contributed by atoms with E-state index in [0.29, 0.717) is 41.8 Å². The first-order valence-corrected chi connectivity index (χ1v) is 13.2. The van der Waals surface area contributed by atoms with Crippen molar-refractivity contribution in [1.29, 1.82) is 0 Å². The Morgan fingerprint density at radius 2 is 1.84 bits per heavy atom. The molecular formula is C30H29ClFN3O3. The Labute approximate surface area is 226 Å². The van der Waals surface area contributed by atoms with Gasteiger partial charge in [0.15, 0.2) is 0 Å². The fourth-order valence-electron chi connectivity index (χ4n) is 4.60. The van der Waals surface area contributed by atoms with Gasteiger partial charge in [-0.2, -0.15) is 5.10 Å². The summed E-state index contributed by atoms with van der Waals surface area (Å²) < 4.78 is 27.6. The molecule has 38 heavy (non-hydrogen) atoms. The fraction of sp³-hybridized carbons (Fsp3) is 0.267. The Hall–Kier alpha value is -3.68. The summed E-state index contributed by atoms with van der Waals surface area (Å²) in [7, 11) is 0. The van der Waals surface area contributed by atoms with Crippen molar-refractivity contribution in [3.8, 4) is 17.3 Å². The minimum Gasteiger partial charge on any atom is -0.439 e. The maximum Gasteiger partial charge on any atom is 0.254 e. The van der Waals surface area contributed by atoms with Gasteiger partial charge in [-0.15, -0.1) is 0 Å². The smallest absolute Gasteiger partial charge is 0.254 e. The largest absolute Gasteiger partial charge is 0.439 e. The first kappa shape index (κ1) is 25.9. The number of carbonyl (C=O) groups excluding carboxylic acids is 1. The Morgan fingerprint density at radius 3 is 2.50 bits per heavy atom. The molecule has 0 N–H and O–H groups in total. The van der Waals surface area contributed by atoms with Crippen molar-refractivity contribution in [2.45, 2.75) is 38.8 Å². The van der Waals surface area contributed by atoms with Crippen LogP contribution in [0.1, 0.15) is 41.4 Å². The molecule has 1 fully saturated rings. The molecule has 196 valence electrons. The number of hydrogen-bond acceptors (Lipinski definition) is 4. The van der Waals surface area contributed by atoms with Gasteiger partial charge in [0.25, 0.3) is 5.91 Å². The number of nitrogens with zero attached hydrogens (tertiary/aromatic N) is 3. The van der Waals surface area contributed by atoms with Crippen LogP contribution in [0.3, 0.4) is 0 Å². The van der Waals surface area contributed by atoms with Crippen LogP contribution in [0, 0.1) is 5.82 Å². The second-order valence-electron chi connectivity index (χ2n) is 9.21. The van der Waals surface area contributed by atoms with Crippen LogP contribution < -0.4 is 4.74 Å². The maximum atomic E-state index is 13.7. The molecule has 4 aromatic rings. The van der Waals surface area contributed by atoms with Gasteiger partial charge in [0.2, 0.25) is 5.88 Å². The lowest BCUT2D eigenvalue weighted by Gasteiger charge is -2.26. The van der Waals surface area contributed by atoms with Gasteiger partial charge in [-0.1, -0.05) is 36.7 Å². The predicted molar refractivity (Wildman–Crippen MR) is 145 cm³/mol. The van der Waals surface area contributed by atoms with Crippen molar-refractivity contribution in [3.63, 3.8) is 0 Å². The van der Waals surface area contributed by atoms with Crippen LogP contribution in [-0.2, 0) is 17.7 Å². The summed E-state index contributed by atoms with van der Waals surface area (Å²) in [5.74, 6) is 0.488. The van der Waals surface area contributed by atoms with E-state index in [1.54, 1.807) is 46.0 Å². The van der Waals surface area contributed by atoms with Gasteiger partial charge < -0.3 is 14.4 Å². The molecule has 6 nitrogen and oxygen atoms in total. The van der Waals surface area contributed by atoms with Gasteiger partial charge >= 0.3 is 0 Å². The molecule has 1 aromatic heterocycles. The Bertz CT molecular complexity index is 1370. The zero-order valence-corrected chi connectivity index (χ0v) is 21.9. The molecule has 0 aliphatic carbocycles. The van der Waals surface area contributed by atoms with E-state index in [4.69, 9.17) is 26.2 Å². The molecular weight excluding hydrogens is 505 g/mol. The Morgan fingerprint density at radius 1 is 1.11 bits per heavy atom.